The summed E-state index contributed by atoms with van der Waals surface area (Å²) in [6, 6.07) is 15.8. The lowest BCUT2D eigenvalue weighted by Crippen LogP contribution is -2.36. The molecule has 2 aromatic carbocycles. The average molecular weight is 411 g/mol. The maximum atomic E-state index is 12.7. The molecule has 1 N–H and O–H groups in total. The van der Waals surface area contributed by atoms with Crippen LogP contribution in [0.4, 0.5) is 0 Å². The van der Waals surface area contributed by atoms with Gasteiger partial charge in [-0.1, -0.05) is 31.9 Å². The van der Waals surface area contributed by atoms with E-state index in [4.69, 9.17) is 9.47 Å². The van der Waals surface area contributed by atoms with Crippen LogP contribution in [0.25, 0.3) is 0 Å². The minimum Gasteiger partial charge on any atom is -0.497 e. The monoisotopic (exact) mass is 410 g/mol. The van der Waals surface area contributed by atoms with Crippen molar-refractivity contribution < 1.29 is 14.3 Å². The van der Waals surface area contributed by atoms with Gasteiger partial charge in [-0.25, -0.2) is 0 Å². The molecule has 0 bridgehead atoms. The second kappa shape index (κ2) is 11.6. The Balaban J connectivity index is 1.58. The van der Waals surface area contributed by atoms with Gasteiger partial charge in [-0.3, -0.25) is 9.69 Å². The quantitative estimate of drug-likeness (QED) is 0.539. The summed E-state index contributed by atoms with van der Waals surface area (Å²) in [5.74, 6) is 1.61. The number of nitrogens with zero attached hydrogens (tertiary/aromatic N) is 1. The predicted molar refractivity (Wildman–Crippen MR) is 120 cm³/mol. The first kappa shape index (κ1) is 22.2. The third-order valence-corrected chi connectivity index (χ3v) is 5.67. The van der Waals surface area contributed by atoms with Crippen molar-refractivity contribution in [2.45, 2.75) is 45.1 Å². The zero-order valence-corrected chi connectivity index (χ0v) is 18.2. The number of carbonyl (C=O) groups is 1. The standard InChI is InChI=1S/C25H34N2O3/c1-3-4-7-18-30-23-14-10-21(11-15-23)25(28)26-19-24(27-16-5-6-17-27)20-8-12-22(29-2)13-9-20/h8-15,24H,3-7,16-19H2,1-2H3,(H,26,28)/t24-/m0/s1. The Hall–Kier alpha value is -2.53. The first-order valence-corrected chi connectivity index (χ1v) is 11.1. The van der Waals surface area contributed by atoms with Gasteiger partial charge in [-0.2, -0.15) is 0 Å². The number of amides is 1. The summed E-state index contributed by atoms with van der Waals surface area (Å²) in [5.41, 5.74) is 1.86. The molecule has 0 aromatic heterocycles. The van der Waals surface area contributed by atoms with Gasteiger partial charge in [-0.05, 0) is 74.3 Å². The second-order valence-corrected chi connectivity index (χ2v) is 7.82. The molecule has 2 aromatic rings. The normalized spacial score (nSPS) is 15.0. The van der Waals surface area contributed by atoms with E-state index in [-0.39, 0.29) is 11.9 Å². The van der Waals surface area contributed by atoms with E-state index in [9.17, 15) is 4.79 Å². The molecule has 1 aliphatic heterocycles. The van der Waals surface area contributed by atoms with Crippen molar-refractivity contribution in [1.29, 1.82) is 0 Å². The lowest BCUT2D eigenvalue weighted by Gasteiger charge is -2.28. The molecule has 1 atom stereocenters. The Kier molecular flexibility index (Phi) is 8.57. The van der Waals surface area contributed by atoms with Gasteiger partial charge < -0.3 is 14.8 Å². The molecular formula is C25H34N2O3. The summed E-state index contributed by atoms with van der Waals surface area (Å²) in [6.07, 6.45) is 5.83. The third-order valence-electron chi connectivity index (χ3n) is 5.67. The largest absolute Gasteiger partial charge is 0.497 e. The fourth-order valence-electron chi connectivity index (χ4n) is 3.87. The number of hydrogen-bond donors (Lipinski definition) is 1. The minimum atomic E-state index is -0.0507. The maximum Gasteiger partial charge on any atom is 0.251 e. The SMILES string of the molecule is CCCCCOc1ccc(C(=O)NC[C@@H](c2ccc(OC)cc2)N2CCCC2)cc1. The van der Waals surface area contributed by atoms with Crippen molar-refractivity contribution in [3.05, 3.63) is 59.7 Å². The molecule has 30 heavy (non-hydrogen) atoms. The molecule has 1 saturated heterocycles. The van der Waals surface area contributed by atoms with Gasteiger partial charge in [0.05, 0.1) is 19.8 Å². The van der Waals surface area contributed by atoms with Crippen molar-refractivity contribution in [2.24, 2.45) is 0 Å². The Bertz CT molecular complexity index is 768. The van der Waals surface area contributed by atoms with E-state index in [0.717, 1.165) is 37.6 Å². The van der Waals surface area contributed by atoms with Crippen molar-refractivity contribution in [3.63, 3.8) is 0 Å². The minimum absolute atomic E-state index is 0.0507. The lowest BCUT2D eigenvalue weighted by atomic mass is 10.0. The molecule has 0 spiro atoms. The first-order valence-electron chi connectivity index (χ1n) is 11.1. The summed E-state index contributed by atoms with van der Waals surface area (Å²) < 4.78 is 11.0. The molecular weight excluding hydrogens is 376 g/mol. The highest BCUT2D eigenvalue weighted by molar-refractivity contribution is 5.94. The van der Waals surface area contributed by atoms with Gasteiger partial charge >= 0.3 is 0 Å². The smallest absolute Gasteiger partial charge is 0.251 e. The zero-order valence-electron chi connectivity index (χ0n) is 18.2. The zero-order chi connectivity index (χ0) is 21.2. The molecule has 5 nitrogen and oxygen atoms in total. The van der Waals surface area contributed by atoms with Crippen molar-refractivity contribution in [2.75, 3.05) is 33.4 Å². The van der Waals surface area contributed by atoms with Crippen LogP contribution >= 0.6 is 0 Å². The van der Waals surface area contributed by atoms with E-state index < -0.39 is 0 Å². The van der Waals surface area contributed by atoms with E-state index in [2.05, 4.69) is 29.3 Å². The summed E-state index contributed by atoms with van der Waals surface area (Å²) in [7, 11) is 1.68. The third kappa shape index (κ3) is 6.23. The van der Waals surface area contributed by atoms with Crippen LogP contribution in [0, 0.1) is 0 Å². The Morgan fingerprint density at radius 1 is 1.00 bits per heavy atom. The van der Waals surface area contributed by atoms with Crippen molar-refractivity contribution in [1.82, 2.24) is 10.2 Å². The van der Waals surface area contributed by atoms with Crippen LogP contribution < -0.4 is 14.8 Å². The summed E-state index contributed by atoms with van der Waals surface area (Å²) in [4.78, 5) is 15.2. The highest BCUT2D eigenvalue weighted by atomic mass is 16.5. The van der Waals surface area contributed by atoms with E-state index in [0.29, 0.717) is 12.1 Å². The van der Waals surface area contributed by atoms with Crippen LogP contribution in [0.1, 0.15) is 61.0 Å². The van der Waals surface area contributed by atoms with Crippen LogP contribution in [0.15, 0.2) is 48.5 Å². The number of likely N-dealkylation sites (tertiary alicyclic amines) is 1. The second-order valence-electron chi connectivity index (χ2n) is 7.82. The molecule has 1 aliphatic rings. The molecule has 5 heteroatoms. The van der Waals surface area contributed by atoms with Gasteiger partial charge in [0.25, 0.3) is 5.91 Å². The molecule has 3 rings (SSSR count). The van der Waals surface area contributed by atoms with Crippen molar-refractivity contribution in [3.8, 4) is 11.5 Å². The lowest BCUT2D eigenvalue weighted by molar-refractivity contribution is 0.0938. The molecule has 0 aliphatic carbocycles. The van der Waals surface area contributed by atoms with E-state index in [1.807, 2.05) is 36.4 Å². The number of benzene rings is 2. The summed E-state index contributed by atoms with van der Waals surface area (Å²) in [6.45, 7) is 5.61. The molecule has 1 heterocycles. The van der Waals surface area contributed by atoms with Crippen LogP contribution in [0.5, 0.6) is 11.5 Å². The van der Waals surface area contributed by atoms with Gasteiger partial charge in [0.2, 0.25) is 0 Å². The molecule has 1 amide bonds. The summed E-state index contributed by atoms with van der Waals surface area (Å²) >= 11 is 0. The van der Waals surface area contributed by atoms with Crippen molar-refractivity contribution >= 4 is 5.91 Å². The Morgan fingerprint density at radius 2 is 1.67 bits per heavy atom. The fraction of sp³-hybridized carbons (Fsp3) is 0.480. The molecule has 0 unspecified atom stereocenters. The number of hydrogen-bond acceptors (Lipinski definition) is 4. The van der Waals surface area contributed by atoms with Gasteiger partial charge in [0.15, 0.2) is 0 Å². The van der Waals surface area contributed by atoms with Crippen LogP contribution in [0.2, 0.25) is 0 Å². The first-order chi connectivity index (χ1) is 14.7. The number of nitrogens with one attached hydrogen (secondary N) is 1. The molecule has 0 radical (unpaired) electrons. The number of ether oxygens (including phenoxy) is 2. The molecule has 162 valence electrons. The topological polar surface area (TPSA) is 50.8 Å². The highest BCUT2D eigenvalue weighted by Crippen LogP contribution is 2.26. The van der Waals surface area contributed by atoms with Crippen LogP contribution in [-0.2, 0) is 0 Å². The predicted octanol–water partition coefficient (Wildman–Crippen LogP) is 4.83. The maximum absolute atomic E-state index is 12.7. The van der Waals surface area contributed by atoms with E-state index in [1.54, 1.807) is 7.11 Å². The number of unbranched alkanes of at least 4 members (excludes halogenated alkanes) is 2. The number of methoxy groups -OCH3 is 1. The highest BCUT2D eigenvalue weighted by Gasteiger charge is 2.24. The Labute approximate surface area is 180 Å². The molecule has 1 fully saturated rings. The van der Waals surface area contributed by atoms with E-state index in [1.165, 1.54) is 31.2 Å². The average Bonchev–Trinajstić information content (AvgIpc) is 3.32. The van der Waals surface area contributed by atoms with Crippen LogP contribution in [-0.4, -0.2) is 44.2 Å². The van der Waals surface area contributed by atoms with Crippen LogP contribution in [0.3, 0.4) is 0 Å². The van der Waals surface area contributed by atoms with Gasteiger partial charge in [0, 0.05) is 12.1 Å². The number of carbonyl (C=O) groups excluding carboxylic acids is 1. The molecule has 0 saturated carbocycles. The fourth-order valence-corrected chi connectivity index (χ4v) is 3.87. The van der Waals surface area contributed by atoms with Gasteiger partial charge in [0.1, 0.15) is 11.5 Å². The number of rotatable bonds is 11. The van der Waals surface area contributed by atoms with E-state index >= 15 is 0 Å². The summed E-state index contributed by atoms with van der Waals surface area (Å²) in [5, 5.41) is 3.13. The van der Waals surface area contributed by atoms with Gasteiger partial charge in [-0.15, -0.1) is 0 Å². The Morgan fingerprint density at radius 3 is 2.30 bits per heavy atom.